The van der Waals surface area contributed by atoms with E-state index >= 15 is 0 Å². The van der Waals surface area contributed by atoms with Gasteiger partial charge in [-0.15, -0.1) is 6.58 Å². The van der Waals surface area contributed by atoms with Crippen LogP contribution in [-0.4, -0.2) is 30.3 Å². The number of hydrogen-bond acceptors (Lipinski definition) is 3. The summed E-state index contributed by atoms with van der Waals surface area (Å²) in [5, 5.41) is 13.1. The van der Waals surface area contributed by atoms with E-state index in [0.29, 0.717) is 23.6 Å². The topological polar surface area (TPSA) is 58.6 Å². The molecule has 4 nitrogen and oxygen atoms in total. The molecule has 0 fully saturated rings. The molecule has 1 aromatic carbocycles. The normalized spacial score (nSPS) is 13.6. The van der Waals surface area contributed by atoms with E-state index in [4.69, 9.17) is 16.3 Å². The molecule has 2 unspecified atom stereocenters. The fraction of sp³-hybridized carbons (Fsp3) is 0.400. The molecular formula is C15H20ClNO3. The highest BCUT2D eigenvalue weighted by molar-refractivity contribution is 6.31. The fourth-order valence-corrected chi connectivity index (χ4v) is 1.86. The van der Waals surface area contributed by atoms with Gasteiger partial charge in [0.1, 0.15) is 6.10 Å². The van der Waals surface area contributed by atoms with Crippen molar-refractivity contribution < 1.29 is 14.6 Å². The molecular weight excluding hydrogens is 278 g/mol. The maximum Gasteiger partial charge on any atom is 0.248 e. The number of hydrogen-bond donors (Lipinski definition) is 2. The molecule has 110 valence electrons. The van der Waals surface area contributed by atoms with Gasteiger partial charge in [-0.05, 0) is 19.4 Å². The average molecular weight is 298 g/mol. The molecule has 1 rings (SSSR count). The molecule has 5 heteroatoms. The number of carbonyl (C=O) groups excluding carboxylic acids is 1. The van der Waals surface area contributed by atoms with Crippen molar-refractivity contribution in [3.8, 4) is 0 Å². The first kappa shape index (κ1) is 16.7. The highest BCUT2D eigenvalue weighted by Gasteiger charge is 2.16. The van der Waals surface area contributed by atoms with Gasteiger partial charge >= 0.3 is 0 Å². The van der Waals surface area contributed by atoms with E-state index in [1.54, 1.807) is 37.3 Å². The molecule has 0 aliphatic carbocycles. The summed E-state index contributed by atoms with van der Waals surface area (Å²) in [7, 11) is 0. The molecule has 0 aliphatic rings. The van der Waals surface area contributed by atoms with Gasteiger partial charge in [-0.1, -0.05) is 35.9 Å². The number of ether oxygens (including phenoxy) is 1. The summed E-state index contributed by atoms with van der Waals surface area (Å²) in [5.74, 6) is -0.264. The largest absolute Gasteiger partial charge is 0.387 e. The minimum Gasteiger partial charge on any atom is -0.387 e. The van der Waals surface area contributed by atoms with Crippen LogP contribution >= 0.6 is 11.6 Å². The third-order valence-electron chi connectivity index (χ3n) is 2.79. The Morgan fingerprint density at radius 3 is 2.90 bits per heavy atom. The molecule has 0 bridgehead atoms. The van der Waals surface area contributed by atoms with Crippen LogP contribution in [0.25, 0.3) is 0 Å². The standard InChI is InChI=1S/C15H20ClNO3/c1-3-4-9-20-11(2)15(19)17-10-14(18)12-7-5-6-8-13(12)16/h3,5-8,11,14,18H,1,4,9-10H2,2H3,(H,17,19). The maximum atomic E-state index is 11.8. The monoisotopic (exact) mass is 297 g/mol. The van der Waals surface area contributed by atoms with E-state index in [-0.39, 0.29) is 12.5 Å². The zero-order chi connectivity index (χ0) is 15.0. The lowest BCUT2D eigenvalue weighted by Gasteiger charge is -2.16. The van der Waals surface area contributed by atoms with Crippen molar-refractivity contribution in [2.24, 2.45) is 0 Å². The van der Waals surface area contributed by atoms with Gasteiger partial charge in [0.15, 0.2) is 0 Å². The Labute approximate surface area is 124 Å². The van der Waals surface area contributed by atoms with Crippen LogP contribution < -0.4 is 5.32 Å². The van der Waals surface area contributed by atoms with E-state index in [0.717, 1.165) is 0 Å². The predicted molar refractivity (Wildman–Crippen MR) is 79.6 cm³/mol. The van der Waals surface area contributed by atoms with Gasteiger partial charge < -0.3 is 15.2 Å². The molecule has 1 aromatic rings. The van der Waals surface area contributed by atoms with Crippen LogP contribution in [0.5, 0.6) is 0 Å². The highest BCUT2D eigenvalue weighted by atomic mass is 35.5. The summed E-state index contributed by atoms with van der Waals surface area (Å²) < 4.78 is 5.31. The summed E-state index contributed by atoms with van der Waals surface area (Å²) in [6.45, 7) is 5.79. The number of aliphatic hydroxyl groups excluding tert-OH is 1. The van der Waals surface area contributed by atoms with Gasteiger partial charge in [0.25, 0.3) is 0 Å². The Kier molecular flexibility index (Phi) is 7.30. The molecule has 0 saturated carbocycles. The SMILES string of the molecule is C=CCCOC(C)C(=O)NCC(O)c1ccccc1Cl. The summed E-state index contributed by atoms with van der Waals surface area (Å²) >= 11 is 5.97. The molecule has 0 saturated heterocycles. The zero-order valence-electron chi connectivity index (χ0n) is 11.5. The second-order valence-corrected chi connectivity index (χ2v) is 4.78. The van der Waals surface area contributed by atoms with Crippen molar-refractivity contribution in [2.45, 2.75) is 25.6 Å². The first-order valence-electron chi connectivity index (χ1n) is 6.49. The number of carbonyl (C=O) groups is 1. The Morgan fingerprint density at radius 1 is 1.55 bits per heavy atom. The minimum absolute atomic E-state index is 0.0950. The molecule has 2 atom stereocenters. The second-order valence-electron chi connectivity index (χ2n) is 4.37. The molecule has 0 aromatic heterocycles. The number of halogens is 1. The van der Waals surface area contributed by atoms with Crippen LogP contribution in [0, 0.1) is 0 Å². The minimum atomic E-state index is -0.840. The molecule has 1 amide bonds. The predicted octanol–water partition coefficient (Wildman–Crippen LogP) is 2.47. The first-order valence-corrected chi connectivity index (χ1v) is 6.86. The molecule has 20 heavy (non-hydrogen) atoms. The van der Waals surface area contributed by atoms with E-state index in [2.05, 4.69) is 11.9 Å². The van der Waals surface area contributed by atoms with Crippen LogP contribution in [0.15, 0.2) is 36.9 Å². The Balaban J connectivity index is 2.40. The van der Waals surface area contributed by atoms with Gasteiger partial charge in [-0.3, -0.25) is 4.79 Å². The quantitative estimate of drug-likeness (QED) is 0.572. The number of nitrogens with one attached hydrogen (secondary N) is 1. The van der Waals surface area contributed by atoms with Crippen molar-refractivity contribution >= 4 is 17.5 Å². The van der Waals surface area contributed by atoms with Gasteiger partial charge in [-0.2, -0.15) is 0 Å². The third kappa shape index (κ3) is 5.33. The van der Waals surface area contributed by atoms with Crippen LogP contribution in [-0.2, 0) is 9.53 Å². The van der Waals surface area contributed by atoms with Crippen molar-refractivity contribution in [3.63, 3.8) is 0 Å². The number of benzene rings is 1. The van der Waals surface area contributed by atoms with E-state index < -0.39 is 12.2 Å². The molecule has 0 radical (unpaired) electrons. The first-order chi connectivity index (χ1) is 9.56. The highest BCUT2D eigenvalue weighted by Crippen LogP contribution is 2.21. The van der Waals surface area contributed by atoms with E-state index in [1.165, 1.54) is 0 Å². The van der Waals surface area contributed by atoms with Crippen LogP contribution in [0.4, 0.5) is 0 Å². The van der Waals surface area contributed by atoms with Crippen molar-refractivity contribution in [2.75, 3.05) is 13.2 Å². The summed E-state index contributed by atoms with van der Waals surface area (Å²) in [5.41, 5.74) is 0.592. The molecule has 0 heterocycles. The Hall–Kier alpha value is -1.36. The van der Waals surface area contributed by atoms with Gasteiger partial charge in [0, 0.05) is 17.1 Å². The second kappa shape index (κ2) is 8.74. The van der Waals surface area contributed by atoms with Crippen molar-refractivity contribution in [3.05, 3.63) is 47.5 Å². The Bertz CT molecular complexity index is 450. The molecule has 2 N–H and O–H groups in total. The van der Waals surface area contributed by atoms with E-state index in [1.807, 2.05) is 0 Å². The van der Waals surface area contributed by atoms with Crippen molar-refractivity contribution in [1.29, 1.82) is 0 Å². The fourth-order valence-electron chi connectivity index (χ4n) is 1.60. The van der Waals surface area contributed by atoms with E-state index in [9.17, 15) is 9.90 Å². The van der Waals surface area contributed by atoms with Gasteiger partial charge in [-0.25, -0.2) is 0 Å². The van der Waals surface area contributed by atoms with Gasteiger partial charge in [0.2, 0.25) is 5.91 Å². The van der Waals surface area contributed by atoms with Gasteiger partial charge in [0.05, 0.1) is 12.7 Å². The lowest BCUT2D eigenvalue weighted by atomic mass is 10.1. The lowest BCUT2D eigenvalue weighted by molar-refractivity contribution is -0.132. The number of amides is 1. The number of aliphatic hydroxyl groups is 1. The Morgan fingerprint density at radius 2 is 2.25 bits per heavy atom. The zero-order valence-corrected chi connectivity index (χ0v) is 12.3. The summed E-state index contributed by atoms with van der Waals surface area (Å²) in [4.78, 5) is 11.8. The number of rotatable bonds is 8. The smallest absolute Gasteiger partial charge is 0.248 e. The summed E-state index contributed by atoms with van der Waals surface area (Å²) in [6.07, 6.45) is 1.02. The average Bonchev–Trinajstić information content (AvgIpc) is 2.45. The lowest BCUT2D eigenvalue weighted by Crippen LogP contribution is -2.37. The molecule has 0 aliphatic heterocycles. The van der Waals surface area contributed by atoms with Crippen LogP contribution in [0.1, 0.15) is 25.0 Å². The maximum absolute atomic E-state index is 11.8. The third-order valence-corrected chi connectivity index (χ3v) is 3.14. The van der Waals surface area contributed by atoms with Crippen LogP contribution in [0.2, 0.25) is 5.02 Å². The summed E-state index contributed by atoms with van der Waals surface area (Å²) in [6, 6.07) is 6.99. The van der Waals surface area contributed by atoms with Crippen LogP contribution in [0.3, 0.4) is 0 Å². The molecule has 0 spiro atoms. The van der Waals surface area contributed by atoms with Crippen molar-refractivity contribution in [1.82, 2.24) is 5.32 Å².